The van der Waals surface area contributed by atoms with E-state index in [0.29, 0.717) is 0 Å². The van der Waals surface area contributed by atoms with Gasteiger partial charge in [0.15, 0.2) is 5.82 Å². The first kappa shape index (κ1) is 26.8. The average Bonchev–Trinajstić information content (AvgIpc) is 3.48. The molecule has 8 aromatic carbocycles. The van der Waals surface area contributed by atoms with Gasteiger partial charge < -0.3 is 0 Å². The number of benzene rings is 8. The summed E-state index contributed by atoms with van der Waals surface area (Å²) < 4.78 is 0. The lowest BCUT2D eigenvalue weighted by molar-refractivity contribution is 1.19. The largest absolute Gasteiger partial charge is 0.236 e. The molecule has 0 fully saturated rings. The second-order valence-electron chi connectivity index (χ2n) is 12.5. The number of nitrogens with zero attached hydrogens (tertiary/aromatic N) is 2. The highest BCUT2D eigenvalue weighted by Gasteiger charge is 2.23. The maximum Gasteiger partial charge on any atom is 0.159 e. The first-order valence-corrected chi connectivity index (χ1v) is 16.4. The number of hydrogen-bond donors (Lipinski definition) is 0. The van der Waals surface area contributed by atoms with E-state index in [1.54, 1.807) is 0 Å². The molecular weight excluding hydrogens is 581 g/mol. The quantitative estimate of drug-likeness (QED) is 0.186. The zero-order valence-corrected chi connectivity index (χ0v) is 26.1. The molecule has 2 heteroatoms. The van der Waals surface area contributed by atoms with Crippen molar-refractivity contribution in [3.8, 4) is 67.2 Å². The molecule has 0 amide bonds. The molecule has 0 saturated heterocycles. The lowest BCUT2D eigenvalue weighted by atomic mass is 9.86. The number of aromatic nitrogens is 2. The molecule has 0 unspecified atom stereocenters. The molecule has 222 valence electrons. The van der Waals surface area contributed by atoms with Crippen molar-refractivity contribution < 1.29 is 0 Å². The molecule has 0 radical (unpaired) electrons. The summed E-state index contributed by atoms with van der Waals surface area (Å²) in [5.41, 5.74) is 12.8. The summed E-state index contributed by atoms with van der Waals surface area (Å²) in [6, 6.07) is 58.9. The van der Waals surface area contributed by atoms with E-state index in [2.05, 4.69) is 164 Å². The second-order valence-corrected chi connectivity index (χ2v) is 12.5. The van der Waals surface area contributed by atoms with Gasteiger partial charge in [-0.3, -0.25) is 0 Å². The van der Waals surface area contributed by atoms with Gasteiger partial charge in [0.05, 0.1) is 5.69 Å². The highest BCUT2D eigenvalue weighted by atomic mass is 14.9. The molecule has 10 rings (SSSR count). The summed E-state index contributed by atoms with van der Waals surface area (Å²) in [6.45, 7) is 0. The zero-order chi connectivity index (χ0) is 31.6. The lowest BCUT2D eigenvalue weighted by Crippen LogP contribution is -1.93. The molecule has 9 aromatic rings. The summed E-state index contributed by atoms with van der Waals surface area (Å²) in [6.07, 6.45) is 1.99. The van der Waals surface area contributed by atoms with E-state index in [9.17, 15) is 0 Å². The molecule has 48 heavy (non-hydrogen) atoms. The van der Waals surface area contributed by atoms with Crippen LogP contribution in [-0.4, -0.2) is 9.97 Å². The van der Waals surface area contributed by atoms with Crippen LogP contribution < -0.4 is 0 Å². The smallest absolute Gasteiger partial charge is 0.159 e. The maximum atomic E-state index is 5.13. The summed E-state index contributed by atoms with van der Waals surface area (Å²) in [5.74, 6) is 0.744. The minimum atomic E-state index is 0.744. The molecule has 0 spiro atoms. The predicted octanol–water partition coefficient (Wildman–Crippen LogP) is 12.3. The van der Waals surface area contributed by atoms with Crippen LogP contribution in [0.15, 0.2) is 170 Å². The Morgan fingerprint density at radius 3 is 1.54 bits per heavy atom. The van der Waals surface area contributed by atoms with E-state index < -0.39 is 0 Å². The molecule has 0 atom stereocenters. The molecule has 2 nitrogen and oxygen atoms in total. The summed E-state index contributed by atoms with van der Waals surface area (Å²) in [4.78, 5) is 9.98. The van der Waals surface area contributed by atoms with Crippen LogP contribution in [0.5, 0.6) is 0 Å². The summed E-state index contributed by atoms with van der Waals surface area (Å²) >= 11 is 0. The molecule has 1 aliphatic rings. The van der Waals surface area contributed by atoms with E-state index in [-0.39, 0.29) is 0 Å². The van der Waals surface area contributed by atoms with Gasteiger partial charge in [-0.2, -0.15) is 0 Å². The third-order valence-corrected chi connectivity index (χ3v) is 9.86. The van der Waals surface area contributed by atoms with Crippen molar-refractivity contribution in [2.75, 3.05) is 0 Å². The Kier molecular flexibility index (Phi) is 5.91. The fraction of sp³-hybridized carbons (Fsp3) is 0. The van der Waals surface area contributed by atoms with Gasteiger partial charge in [-0.1, -0.05) is 158 Å². The molecule has 1 heterocycles. The van der Waals surface area contributed by atoms with Crippen molar-refractivity contribution in [1.29, 1.82) is 0 Å². The summed E-state index contributed by atoms with van der Waals surface area (Å²) in [5, 5.41) is 7.56. The van der Waals surface area contributed by atoms with Gasteiger partial charge in [-0.15, -0.1) is 0 Å². The SMILES string of the molecule is c1ccc(-c2c3ccccc3c(-c3ccc(-c4cccc(-c5ncc6c(n5)-c5cccc7cccc-6c57)c4)cc3)c3ccccc23)cc1. The second kappa shape index (κ2) is 10.6. The minimum Gasteiger partial charge on any atom is -0.236 e. The van der Waals surface area contributed by atoms with E-state index in [0.717, 1.165) is 33.8 Å². The van der Waals surface area contributed by atoms with E-state index in [1.165, 1.54) is 65.7 Å². The monoisotopic (exact) mass is 608 g/mol. The van der Waals surface area contributed by atoms with Crippen molar-refractivity contribution in [3.05, 3.63) is 170 Å². The van der Waals surface area contributed by atoms with Gasteiger partial charge in [0.1, 0.15) is 0 Å². The molecule has 0 bridgehead atoms. The van der Waals surface area contributed by atoms with Crippen LogP contribution in [-0.2, 0) is 0 Å². The van der Waals surface area contributed by atoms with Crippen LogP contribution in [0.2, 0.25) is 0 Å². The zero-order valence-electron chi connectivity index (χ0n) is 26.1. The van der Waals surface area contributed by atoms with E-state index >= 15 is 0 Å². The van der Waals surface area contributed by atoms with Gasteiger partial charge in [0.2, 0.25) is 0 Å². The Bertz CT molecular complexity index is 2650. The number of hydrogen-bond acceptors (Lipinski definition) is 2. The first-order chi connectivity index (χ1) is 23.8. The van der Waals surface area contributed by atoms with Crippen LogP contribution >= 0.6 is 0 Å². The van der Waals surface area contributed by atoms with Crippen LogP contribution in [0.1, 0.15) is 0 Å². The molecular formula is C46H28N2. The van der Waals surface area contributed by atoms with E-state index in [4.69, 9.17) is 9.97 Å². The van der Waals surface area contributed by atoms with Gasteiger partial charge in [-0.25, -0.2) is 9.97 Å². The third-order valence-electron chi connectivity index (χ3n) is 9.86. The normalized spacial score (nSPS) is 11.8. The molecule has 0 N–H and O–H groups in total. The van der Waals surface area contributed by atoms with Crippen LogP contribution in [0.3, 0.4) is 0 Å². The Morgan fingerprint density at radius 2 is 0.875 bits per heavy atom. The topological polar surface area (TPSA) is 25.8 Å². The summed E-state index contributed by atoms with van der Waals surface area (Å²) in [7, 11) is 0. The highest BCUT2D eigenvalue weighted by Crippen LogP contribution is 2.47. The molecule has 1 aliphatic carbocycles. The van der Waals surface area contributed by atoms with Crippen molar-refractivity contribution in [2.45, 2.75) is 0 Å². The van der Waals surface area contributed by atoms with Gasteiger partial charge >= 0.3 is 0 Å². The fourth-order valence-electron chi connectivity index (χ4n) is 7.71. The highest BCUT2D eigenvalue weighted by molar-refractivity contribution is 6.21. The third kappa shape index (κ3) is 4.06. The van der Waals surface area contributed by atoms with Crippen LogP contribution in [0, 0.1) is 0 Å². The van der Waals surface area contributed by atoms with Crippen LogP contribution in [0.4, 0.5) is 0 Å². The van der Waals surface area contributed by atoms with Gasteiger partial charge in [0, 0.05) is 22.9 Å². The van der Waals surface area contributed by atoms with Crippen molar-refractivity contribution in [2.24, 2.45) is 0 Å². The molecule has 1 aromatic heterocycles. The standard InChI is InChI=1S/C46H28N2/c1-2-11-30(12-3-1)42-35-17-4-6-19-37(35)43(38-20-7-5-18-36(38)42)32-25-23-29(24-26-32)33-15-8-16-34(27-33)46-47-28-41-39-21-9-13-31-14-10-22-40(44(31)39)45(41)48-46/h1-28H. The van der Waals surface area contributed by atoms with Gasteiger partial charge in [0.25, 0.3) is 0 Å². The van der Waals surface area contributed by atoms with E-state index in [1.807, 2.05) is 6.20 Å². The minimum absolute atomic E-state index is 0.744. The Hall–Kier alpha value is -6.38. The fourth-order valence-corrected chi connectivity index (χ4v) is 7.71. The van der Waals surface area contributed by atoms with Crippen molar-refractivity contribution in [3.63, 3.8) is 0 Å². The molecule has 0 aliphatic heterocycles. The lowest BCUT2D eigenvalue weighted by Gasteiger charge is -2.18. The Labute approximate surface area is 278 Å². The van der Waals surface area contributed by atoms with Crippen LogP contribution in [0.25, 0.3) is 99.5 Å². The number of fused-ring (bicyclic) bond motifs is 5. The predicted molar refractivity (Wildman–Crippen MR) is 201 cm³/mol. The number of rotatable bonds is 4. The Balaban J connectivity index is 1.06. The van der Waals surface area contributed by atoms with Gasteiger partial charge in [-0.05, 0) is 77.3 Å². The van der Waals surface area contributed by atoms with Crippen molar-refractivity contribution in [1.82, 2.24) is 9.97 Å². The molecule has 0 saturated carbocycles. The van der Waals surface area contributed by atoms with Crippen molar-refractivity contribution >= 4 is 32.3 Å². The first-order valence-electron chi connectivity index (χ1n) is 16.4. The Morgan fingerprint density at radius 1 is 0.354 bits per heavy atom. The average molecular weight is 609 g/mol. The maximum absolute atomic E-state index is 5.13.